The van der Waals surface area contributed by atoms with Gasteiger partial charge in [-0.15, -0.1) is 12.3 Å². The summed E-state index contributed by atoms with van der Waals surface area (Å²) in [7, 11) is 3.18. The third kappa shape index (κ3) is 13.1. The number of amides is 5. The molecule has 4 atom stereocenters. The van der Waals surface area contributed by atoms with Crippen molar-refractivity contribution in [1.29, 1.82) is 0 Å². The van der Waals surface area contributed by atoms with Crippen molar-refractivity contribution < 1.29 is 43.7 Å². The lowest BCUT2D eigenvalue weighted by Crippen LogP contribution is -2.63. The number of likely N-dealkylation sites (N-methyl/N-ethyl adjacent to an activating group) is 1. The average Bonchev–Trinajstić information content (AvgIpc) is 3.13. The number of carbonyl (C=O) groups is 6. The number of hydrogen-bond acceptors (Lipinski definition) is 9. The van der Waals surface area contributed by atoms with E-state index in [0.29, 0.717) is 37.3 Å². The summed E-state index contributed by atoms with van der Waals surface area (Å²) in [5, 5.41) is 35.7. The Labute approximate surface area is 321 Å². The smallest absolute Gasteiger partial charge is 0.329 e. The maximum Gasteiger partial charge on any atom is 0.329 e. The summed E-state index contributed by atoms with van der Waals surface area (Å²) in [5.41, 5.74) is 1.44. The van der Waals surface area contributed by atoms with Crippen LogP contribution in [0.4, 0.5) is 16.2 Å². The molecule has 8 N–H and O–H groups in total. The first kappa shape index (κ1) is 43.9. The topological polar surface area (TPSA) is 228 Å². The van der Waals surface area contributed by atoms with Crippen molar-refractivity contribution in [1.82, 2.24) is 26.2 Å². The lowest BCUT2D eigenvalue weighted by Gasteiger charge is -2.36. The number of nitrogens with zero attached hydrogens (tertiary/aromatic N) is 1. The maximum absolute atomic E-state index is 13.9. The van der Waals surface area contributed by atoms with Crippen LogP contribution < -0.4 is 31.9 Å². The summed E-state index contributed by atoms with van der Waals surface area (Å²) in [4.78, 5) is 79.0. The number of carbonyl (C=O) groups excluding carboxylic acids is 4. The van der Waals surface area contributed by atoms with Gasteiger partial charge in [0.2, 0.25) is 17.7 Å². The van der Waals surface area contributed by atoms with E-state index < -0.39 is 72.0 Å². The third-order valence-electron chi connectivity index (χ3n) is 9.43. The monoisotopic (exact) mass is 763 g/mol. The Balaban J connectivity index is 1.72. The van der Waals surface area contributed by atoms with Crippen LogP contribution in [0.3, 0.4) is 0 Å². The van der Waals surface area contributed by atoms with Crippen molar-refractivity contribution in [3.63, 3.8) is 0 Å². The highest BCUT2D eigenvalue weighted by atomic mass is 16.5. The van der Waals surface area contributed by atoms with Crippen LogP contribution >= 0.6 is 0 Å². The molecule has 1 aliphatic heterocycles. The Kier molecular flexibility index (Phi) is 16.6. The highest BCUT2D eigenvalue weighted by Gasteiger charge is 2.43. The van der Waals surface area contributed by atoms with Crippen molar-refractivity contribution in [3.8, 4) is 12.3 Å². The second-order valence-corrected chi connectivity index (χ2v) is 14.1. The van der Waals surface area contributed by atoms with Gasteiger partial charge in [0.15, 0.2) is 0 Å². The molecule has 1 unspecified atom stereocenters. The predicted molar refractivity (Wildman–Crippen MR) is 206 cm³/mol. The molecule has 0 saturated carbocycles. The number of carboxylic acids is 2. The summed E-state index contributed by atoms with van der Waals surface area (Å²) in [5.74, 6) is -2.79. The lowest BCUT2D eigenvalue weighted by atomic mass is 9.88. The Bertz CT molecular complexity index is 1700. The minimum atomic E-state index is -1.60. The highest BCUT2D eigenvalue weighted by Crippen LogP contribution is 2.21. The summed E-state index contributed by atoms with van der Waals surface area (Å²) in [6, 6.07) is 10.3. The molecule has 16 heteroatoms. The first-order valence-corrected chi connectivity index (χ1v) is 18.1. The van der Waals surface area contributed by atoms with E-state index in [1.54, 1.807) is 30.1 Å². The molecule has 0 spiro atoms. The van der Waals surface area contributed by atoms with Crippen LogP contribution in [0.25, 0.3) is 0 Å². The van der Waals surface area contributed by atoms with Crippen molar-refractivity contribution in [3.05, 3.63) is 59.7 Å². The lowest BCUT2D eigenvalue weighted by molar-refractivity contribution is -0.149. The normalized spacial score (nSPS) is 15.7. The number of rotatable bonds is 19. The largest absolute Gasteiger partial charge is 0.481 e. The van der Waals surface area contributed by atoms with Gasteiger partial charge in [-0.25, -0.2) is 9.59 Å². The van der Waals surface area contributed by atoms with Gasteiger partial charge in [0.1, 0.15) is 23.9 Å². The van der Waals surface area contributed by atoms with Gasteiger partial charge in [-0.3, -0.25) is 24.1 Å². The van der Waals surface area contributed by atoms with Gasteiger partial charge in [0, 0.05) is 31.3 Å². The molecule has 1 fully saturated rings. The van der Waals surface area contributed by atoms with Crippen LogP contribution in [0, 0.1) is 25.2 Å². The standard InChI is InChI=1S/C39H53N7O9/c1-7-10-29(35(50)45-39(37(52)53)17-19-40-20-18-39)42-34(49)30(23-33(47)48)43-36(51)31(21-24(2)3)46(5)32(55-6)22-26-13-15-27(16-14-26)41-38(54)44-28-12-9-8-11-25(28)4/h1,8-9,11-16,24,29-32,40H,10,17-23H2,2-6H3,(H,42,49)(H,43,51)(H,45,50)(H,47,48)(H,52,53)(H2,41,44,54)/t29-,30+,31+,32?/m1/s1. The molecule has 0 aliphatic carbocycles. The van der Waals surface area contributed by atoms with E-state index >= 15 is 0 Å². The molecule has 0 radical (unpaired) electrons. The fourth-order valence-electron chi connectivity index (χ4n) is 6.24. The SMILES string of the molecule is C#CC[C@@H](NC(=O)[C@H](CC(=O)O)NC(=O)[C@H](CC(C)C)N(C)C(Cc1ccc(NC(=O)Nc2ccccc2C)cc1)OC)C(=O)NC1(C(=O)O)CCNCC1. The molecule has 1 heterocycles. The number of nitrogens with one attached hydrogen (secondary N) is 6. The molecule has 298 valence electrons. The molecule has 0 bridgehead atoms. The quantitative estimate of drug-likeness (QED) is 0.0765. The van der Waals surface area contributed by atoms with E-state index in [1.807, 2.05) is 51.1 Å². The number of urea groups is 1. The molecule has 1 saturated heterocycles. The van der Waals surface area contributed by atoms with Gasteiger partial charge in [0.25, 0.3) is 0 Å². The van der Waals surface area contributed by atoms with E-state index in [2.05, 4.69) is 37.8 Å². The summed E-state index contributed by atoms with van der Waals surface area (Å²) >= 11 is 0. The third-order valence-corrected chi connectivity index (χ3v) is 9.43. The molecule has 2 aromatic rings. The molecule has 2 aromatic carbocycles. The molecule has 3 rings (SSSR count). The van der Waals surface area contributed by atoms with Crippen molar-refractivity contribution in [2.75, 3.05) is 37.9 Å². The van der Waals surface area contributed by atoms with Crippen molar-refractivity contribution >= 4 is 47.1 Å². The summed E-state index contributed by atoms with van der Waals surface area (Å²) in [6.45, 7) is 6.41. The first-order valence-electron chi connectivity index (χ1n) is 18.1. The Hall–Kier alpha value is -5.50. The molecule has 1 aliphatic rings. The fraction of sp³-hybridized carbons (Fsp3) is 0.487. The van der Waals surface area contributed by atoms with E-state index in [1.165, 1.54) is 7.11 Å². The zero-order valence-electron chi connectivity index (χ0n) is 31.9. The van der Waals surface area contributed by atoms with E-state index in [9.17, 15) is 39.0 Å². The molecular formula is C39H53N7O9. The summed E-state index contributed by atoms with van der Waals surface area (Å²) < 4.78 is 5.80. The van der Waals surface area contributed by atoms with Gasteiger partial charge in [0.05, 0.1) is 12.5 Å². The van der Waals surface area contributed by atoms with Gasteiger partial charge in [-0.1, -0.05) is 44.2 Å². The average molecular weight is 764 g/mol. The fourth-order valence-corrected chi connectivity index (χ4v) is 6.24. The Morgan fingerprint density at radius 1 is 0.927 bits per heavy atom. The van der Waals surface area contributed by atoms with Crippen LogP contribution in [0.15, 0.2) is 48.5 Å². The number of methoxy groups -OCH3 is 1. The van der Waals surface area contributed by atoms with Gasteiger partial charge in [-0.2, -0.15) is 0 Å². The van der Waals surface area contributed by atoms with Crippen LogP contribution in [-0.2, 0) is 35.1 Å². The number of benzene rings is 2. The molecule has 16 nitrogen and oxygen atoms in total. The van der Waals surface area contributed by atoms with Crippen molar-refractivity contribution in [2.45, 2.75) is 89.2 Å². The minimum Gasteiger partial charge on any atom is -0.481 e. The van der Waals surface area contributed by atoms with E-state index in [0.717, 1.165) is 11.1 Å². The zero-order valence-corrected chi connectivity index (χ0v) is 31.9. The molecule has 0 aromatic heterocycles. The zero-order chi connectivity index (χ0) is 40.7. The van der Waals surface area contributed by atoms with Gasteiger partial charge < -0.3 is 46.9 Å². The Morgan fingerprint density at radius 3 is 2.13 bits per heavy atom. The van der Waals surface area contributed by atoms with E-state index in [4.69, 9.17) is 11.2 Å². The van der Waals surface area contributed by atoms with Crippen LogP contribution in [0.5, 0.6) is 0 Å². The number of anilines is 2. The van der Waals surface area contributed by atoms with Crippen LogP contribution in [0.1, 0.15) is 57.1 Å². The number of hydrogen-bond donors (Lipinski definition) is 8. The number of aryl methyl sites for hydroxylation is 1. The summed E-state index contributed by atoms with van der Waals surface area (Å²) in [6.07, 6.45) is 4.57. The second kappa shape index (κ2) is 20.8. The van der Waals surface area contributed by atoms with Gasteiger partial charge >= 0.3 is 18.0 Å². The number of para-hydroxylation sites is 1. The molecule has 55 heavy (non-hydrogen) atoms. The van der Waals surface area contributed by atoms with Crippen LogP contribution in [0.2, 0.25) is 0 Å². The maximum atomic E-state index is 13.9. The predicted octanol–water partition coefficient (Wildman–Crippen LogP) is 2.29. The van der Waals surface area contributed by atoms with Crippen LogP contribution in [-0.4, -0.2) is 108 Å². The highest BCUT2D eigenvalue weighted by molar-refractivity contribution is 6.00. The number of terminal acetylenes is 1. The molecular weight excluding hydrogens is 710 g/mol. The Morgan fingerprint density at radius 2 is 1.56 bits per heavy atom. The number of carboxylic acid groups (broad SMARTS) is 2. The van der Waals surface area contributed by atoms with E-state index in [-0.39, 0.29) is 25.2 Å². The number of ether oxygens (including phenoxy) is 1. The minimum absolute atomic E-state index is 0.00103. The number of aliphatic carboxylic acids is 2. The number of piperidine rings is 1. The second-order valence-electron chi connectivity index (χ2n) is 14.1. The van der Waals surface area contributed by atoms with Crippen molar-refractivity contribution in [2.24, 2.45) is 5.92 Å². The first-order chi connectivity index (χ1) is 26.1. The molecule has 5 amide bonds. The van der Waals surface area contributed by atoms with Gasteiger partial charge in [-0.05, 0) is 81.6 Å².